The van der Waals surface area contributed by atoms with Crippen LogP contribution >= 0.6 is 23.1 Å². The normalized spacial score (nSPS) is 11.0. The molecule has 0 fully saturated rings. The first-order valence-electron chi connectivity index (χ1n) is 4.94. The Labute approximate surface area is 109 Å². The first-order chi connectivity index (χ1) is 8.26. The van der Waals surface area contributed by atoms with Crippen molar-refractivity contribution in [3.8, 4) is 6.19 Å². The Balaban J connectivity index is 2.11. The first kappa shape index (κ1) is 13.7. The van der Waals surface area contributed by atoms with Crippen LogP contribution in [-0.2, 0) is 6.54 Å². The summed E-state index contributed by atoms with van der Waals surface area (Å²) in [5.41, 5.74) is 0.930. The molecule has 0 aliphatic rings. The molecule has 0 radical (unpaired) electrons. The molecule has 8 heteroatoms. The van der Waals surface area contributed by atoms with Crippen LogP contribution in [0, 0.1) is 11.5 Å². The Morgan fingerprint density at radius 1 is 1.65 bits per heavy atom. The van der Waals surface area contributed by atoms with Crippen molar-refractivity contribution in [2.45, 2.75) is 6.54 Å². The second kappa shape index (κ2) is 7.84. The van der Waals surface area contributed by atoms with E-state index in [2.05, 4.69) is 25.3 Å². The largest absolute Gasteiger partial charge is 0.354 e. The molecule has 0 bridgehead atoms. The van der Waals surface area contributed by atoms with Gasteiger partial charge in [0, 0.05) is 26.7 Å². The van der Waals surface area contributed by atoms with Gasteiger partial charge in [0.1, 0.15) is 4.34 Å². The van der Waals surface area contributed by atoms with Crippen molar-refractivity contribution in [1.29, 1.82) is 5.26 Å². The van der Waals surface area contributed by atoms with E-state index in [1.165, 1.54) is 11.5 Å². The molecular formula is C9H13ClN6S. The maximum absolute atomic E-state index is 8.40. The van der Waals surface area contributed by atoms with Crippen LogP contribution in [0.25, 0.3) is 0 Å². The molecule has 17 heavy (non-hydrogen) atoms. The van der Waals surface area contributed by atoms with Gasteiger partial charge in [-0.05, 0) is 17.6 Å². The zero-order valence-electron chi connectivity index (χ0n) is 9.33. The lowest BCUT2D eigenvalue weighted by Crippen LogP contribution is -2.38. The summed E-state index contributed by atoms with van der Waals surface area (Å²) in [6, 6.07) is 1.84. The lowest BCUT2D eigenvalue weighted by molar-refractivity contribution is 0.662. The summed E-state index contributed by atoms with van der Waals surface area (Å²) in [6.07, 6.45) is 1.80. The van der Waals surface area contributed by atoms with Gasteiger partial charge < -0.3 is 10.6 Å². The molecule has 0 aliphatic carbocycles. The van der Waals surface area contributed by atoms with E-state index in [9.17, 15) is 0 Å². The second-order valence-electron chi connectivity index (χ2n) is 3.03. The lowest BCUT2D eigenvalue weighted by Gasteiger charge is -2.07. The van der Waals surface area contributed by atoms with Crippen molar-refractivity contribution >= 4 is 29.1 Å². The smallest absolute Gasteiger partial charge is 0.204 e. The van der Waals surface area contributed by atoms with Gasteiger partial charge in [0.2, 0.25) is 5.96 Å². The molecule has 0 saturated carbocycles. The van der Waals surface area contributed by atoms with Gasteiger partial charge in [0.25, 0.3) is 0 Å². The summed E-state index contributed by atoms with van der Waals surface area (Å²) < 4.78 is 4.83. The number of rotatable bonds is 5. The second-order valence-corrected chi connectivity index (χ2v) is 4.47. The predicted molar refractivity (Wildman–Crippen MR) is 68.9 cm³/mol. The van der Waals surface area contributed by atoms with Crippen LogP contribution in [0.3, 0.4) is 0 Å². The molecule has 3 N–H and O–H groups in total. The van der Waals surface area contributed by atoms with E-state index in [1.807, 2.05) is 6.07 Å². The highest BCUT2D eigenvalue weighted by Gasteiger charge is 1.99. The summed E-state index contributed by atoms with van der Waals surface area (Å²) >= 11 is 7.03. The molecule has 1 rings (SSSR count). The van der Waals surface area contributed by atoms with Crippen molar-refractivity contribution in [1.82, 2.24) is 20.3 Å². The number of nitrogens with zero attached hydrogens (tertiary/aromatic N) is 3. The van der Waals surface area contributed by atoms with Crippen LogP contribution in [0.4, 0.5) is 0 Å². The number of aromatic nitrogens is 1. The van der Waals surface area contributed by atoms with Gasteiger partial charge in [-0.1, -0.05) is 11.6 Å². The molecule has 0 amide bonds. The number of hydrogen-bond acceptors (Lipinski definition) is 5. The minimum atomic E-state index is 0.464. The Hall–Kier alpha value is -1.36. The number of guanidine groups is 1. The van der Waals surface area contributed by atoms with Crippen LogP contribution in [0.1, 0.15) is 5.69 Å². The molecule has 1 aromatic heterocycles. The van der Waals surface area contributed by atoms with Crippen LogP contribution in [-0.4, -0.2) is 30.5 Å². The molecule has 0 atom stereocenters. The van der Waals surface area contributed by atoms with Crippen molar-refractivity contribution < 1.29 is 0 Å². The van der Waals surface area contributed by atoms with Crippen molar-refractivity contribution in [3.05, 3.63) is 16.1 Å². The molecule has 0 aromatic carbocycles. The third-order valence-corrected chi connectivity index (χ3v) is 2.76. The predicted octanol–water partition coefficient (Wildman–Crippen LogP) is 0.532. The van der Waals surface area contributed by atoms with E-state index < -0.39 is 0 Å². The number of halogens is 1. The summed E-state index contributed by atoms with van der Waals surface area (Å²) in [5, 5.41) is 17.0. The van der Waals surface area contributed by atoms with Gasteiger partial charge >= 0.3 is 0 Å². The lowest BCUT2D eigenvalue weighted by atomic mass is 10.4. The molecule has 6 nitrogen and oxygen atoms in total. The zero-order chi connectivity index (χ0) is 12.5. The van der Waals surface area contributed by atoms with Gasteiger partial charge in [-0.3, -0.25) is 10.3 Å². The molecule has 92 valence electrons. The van der Waals surface area contributed by atoms with Gasteiger partial charge in [0.15, 0.2) is 6.19 Å². The monoisotopic (exact) mass is 272 g/mol. The summed E-state index contributed by atoms with van der Waals surface area (Å²) in [4.78, 5) is 3.85. The van der Waals surface area contributed by atoms with Crippen molar-refractivity contribution in [3.63, 3.8) is 0 Å². The van der Waals surface area contributed by atoms with Crippen LogP contribution in [0.2, 0.25) is 4.34 Å². The highest BCUT2D eigenvalue weighted by molar-refractivity contribution is 7.10. The van der Waals surface area contributed by atoms with Gasteiger partial charge in [-0.2, -0.15) is 9.64 Å². The Morgan fingerprint density at radius 2 is 2.47 bits per heavy atom. The first-order valence-corrected chi connectivity index (χ1v) is 6.09. The van der Waals surface area contributed by atoms with E-state index in [1.54, 1.807) is 13.2 Å². The molecular weight excluding hydrogens is 260 g/mol. The molecule has 0 saturated heterocycles. The maximum atomic E-state index is 8.40. The van der Waals surface area contributed by atoms with Crippen LogP contribution in [0.5, 0.6) is 0 Å². The van der Waals surface area contributed by atoms with Crippen molar-refractivity contribution in [2.24, 2.45) is 4.99 Å². The molecule has 0 aliphatic heterocycles. The highest BCUT2D eigenvalue weighted by Crippen LogP contribution is 2.15. The standard InChI is InChI=1S/C9H13ClN6S/c1-12-9(15-6-11)14-3-2-13-5-7-4-8(10)17-16-7/h4,13H,2-3,5H2,1H3,(H2,12,14,15). The average molecular weight is 273 g/mol. The third kappa shape index (κ3) is 5.49. The minimum absolute atomic E-state index is 0.464. The highest BCUT2D eigenvalue weighted by atomic mass is 35.5. The summed E-state index contributed by atoms with van der Waals surface area (Å²) in [6.45, 7) is 2.08. The van der Waals surface area contributed by atoms with E-state index in [-0.39, 0.29) is 0 Å². The third-order valence-electron chi connectivity index (χ3n) is 1.83. The van der Waals surface area contributed by atoms with E-state index in [0.29, 0.717) is 23.4 Å². The molecule has 1 heterocycles. The van der Waals surface area contributed by atoms with Crippen LogP contribution in [0.15, 0.2) is 11.1 Å². The molecule has 1 aromatic rings. The van der Waals surface area contributed by atoms with E-state index in [0.717, 1.165) is 12.2 Å². The fourth-order valence-corrected chi connectivity index (χ4v) is 1.83. The fourth-order valence-electron chi connectivity index (χ4n) is 1.09. The maximum Gasteiger partial charge on any atom is 0.204 e. The summed E-state index contributed by atoms with van der Waals surface area (Å²) in [7, 11) is 1.61. The number of nitriles is 1. The van der Waals surface area contributed by atoms with E-state index in [4.69, 9.17) is 16.9 Å². The van der Waals surface area contributed by atoms with Crippen LogP contribution < -0.4 is 16.0 Å². The van der Waals surface area contributed by atoms with Gasteiger partial charge in [0.05, 0.1) is 5.69 Å². The van der Waals surface area contributed by atoms with Crippen molar-refractivity contribution in [2.75, 3.05) is 20.1 Å². The molecule has 0 unspecified atom stereocenters. The van der Waals surface area contributed by atoms with E-state index >= 15 is 0 Å². The van der Waals surface area contributed by atoms with Gasteiger partial charge in [-0.15, -0.1) is 0 Å². The van der Waals surface area contributed by atoms with Gasteiger partial charge in [-0.25, -0.2) is 0 Å². The SMILES string of the molecule is CN=C(NC#N)NCCNCc1cc(Cl)sn1. The topological polar surface area (TPSA) is 85.1 Å². The average Bonchev–Trinajstić information content (AvgIpc) is 2.73. The minimum Gasteiger partial charge on any atom is -0.354 e. The number of hydrogen-bond donors (Lipinski definition) is 3. The Bertz CT molecular complexity index is 410. The zero-order valence-corrected chi connectivity index (χ0v) is 10.9. The quantitative estimate of drug-likeness (QED) is 0.239. The summed E-state index contributed by atoms with van der Waals surface area (Å²) in [5.74, 6) is 0.464. The molecule has 0 spiro atoms. The fraction of sp³-hybridized carbons (Fsp3) is 0.444. The Morgan fingerprint density at radius 3 is 3.06 bits per heavy atom. The number of aliphatic imine (C=N–C) groups is 1. The number of nitrogens with one attached hydrogen (secondary N) is 3. The Kier molecular flexibility index (Phi) is 6.32.